The van der Waals surface area contributed by atoms with E-state index in [4.69, 9.17) is 5.11 Å². The monoisotopic (exact) mass is 237 g/mol. The predicted molar refractivity (Wildman–Crippen MR) is 62.4 cm³/mol. The summed E-state index contributed by atoms with van der Waals surface area (Å²) in [5, 5.41) is 8.86. The molecule has 0 radical (unpaired) electrons. The van der Waals surface area contributed by atoms with Gasteiger partial charge in [-0.25, -0.2) is 4.79 Å². The second-order valence-electron chi connectivity index (χ2n) is 4.23. The van der Waals surface area contributed by atoms with Crippen molar-refractivity contribution in [1.82, 2.24) is 4.57 Å². The van der Waals surface area contributed by atoms with Gasteiger partial charge >= 0.3 is 5.97 Å². The molecule has 0 aliphatic rings. The molecule has 92 valence electrons. The van der Waals surface area contributed by atoms with Crippen LogP contribution in [0.3, 0.4) is 0 Å². The molecule has 0 fully saturated rings. The van der Waals surface area contributed by atoms with E-state index in [2.05, 4.69) is 0 Å². The van der Waals surface area contributed by atoms with Crippen molar-refractivity contribution < 1.29 is 14.7 Å². The zero-order chi connectivity index (χ0) is 13.2. The molecule has 0 spiro atoms. The summed E-state index contributed by atoms with van der Waals surface area (Å²) in [6.07, 6.45) is 0. The van der Waals surface area contributed by atoms with Crippen molar-refractivity contribution in [3.8, 4) is 0 Å². The molecule has 0 aliphatic carbocycles. The molecule has 0 bridgehead atoms. The van der Waals surface area contributed by atoms with Crippen molar-refractivity contribution in [2.75, 3.05) is 0 Å². The third-order valence-corrected chi connectivity index (χ3v) is 2.41. The first-order valence-electron chi connectivity index (χ1n) is 5.31. The van der Waals surface area contributed by atoms with Gasteiger partial charge in [0.15, 0.2) is 0 Å². The minimum Gasteiger partial charge on any atom is -0.477 e. The number of ketones is 1. The first-order chi connectivity index (χ1) is 7.84. The number of rotatable bonds is 4. The van der Waals surface area contributed by atoms with Crippen LogP contribution in [0, 0.1) is 0 Å². The number of hydrogen-bond donors (Lipinski definition) is 1. The topological polar surface area (TPSA) is 76.4 Å². The second-order valence-corrected chi connectivity index (χ2v) is 4.23. The van der Waals surface area contributed by atoms with Gasteiger partial charge in [0.2, 0.25) is 0 Å². The minimum atomic E-state index is -1.28. The van der Waals surface area contributed by atoms with Gasteiger partial charge in [-0.15, -0.1) is 0 Å². The number of nitrogens with zero attached hydrogens (tertiary/aromatic N) is 1. The van der Waals surface area contributed by atoms with Gasteiger partial charge in [-0.3, -0.25) is 9.59 Å². The molecule has 0 amide bonds. The number of pyridine rings is 1. The number of Topliss-reactive ketones (excluding diaryl/α,β-unsaturated/α-hetero) is 1. The Morgan fingerprint density at radius 3 is 2.35 bits per heavy atom. The van der Waals surface area contributed by atoms with Crippen LogP contribution in [-0.4, -0.2) is 21.4 Å². The number of carboxylic acids is 1. The van der Waals surface area contributed by atoms with Gasteiger partial charge in [0.25, 0.3) is 5.56 Å². The molecular weight excluding hydrogens is 222 g/mol. The zero-order valence-corrected chi connectivity index (χ0v) is 10.1. The van der Waals surface area contributed by atoms with Gasteiger partial charge in [-0.05, 0) is 25.0 Å². The first-order valence-corrected chi connectivity index (χ1v) is 5.31. The highest BCUT2D eigenvalue weighted by Gasteiger charge is 2.16. The van der Waals surface area contributed by atoms with Gasteiger partial charge in [-0.2, -0.15) is 0 Å². The minimum absolute atomic E-state index is 0.0462. The second kappa shape index (κ2) is 4.95. The molecular formula is C12H15NO4. The summed E-state index contributed by atoms with van der Waals surface area (Å²) in [6, 6.07) is 2.87. The van der Waals surface area contributed by atoms with Crippen LogP contribution in [0.25, 0.3) is 0 Å². The van der Waals surface area contributed by atoms with E-state index < -0.39 is 11.5 Å². The fourth-order valence-corrected chi connectivity index (χ4v) is 1.65. The van der Waals surface area contributed by atoms with Gasteiger partial charge in [0.05, 0.1) is 6.54 Å². The van der Waals surface area contributed by atoms with Crippen LogP contribution in [0.5, 0.6) is 0 Å². The van der Waals surface area contributed by atoms with E-state index in [1.165, 1.54) is 17.6 Å². The molecule has 0 saturated heterocycles. The fourth-order valence-electron chi connectivity index (χ4n) is 1.65. The van der Waals surface area contributed by atoms with E-state index >= 15 is 0 Å². The fraction of sp³-hybridized carbons (Fsp3) is 0.417. The summed E-state index contributed by atoms with van der Waals surface area (Å²) in [7, 11) is 0. The normalized spacial score (nSPS) is 10.6. The van der Waals surface area contributed by atoms with Crippen LogP contribution in [0.4, 0.5) is 0 Å². The summed E-state index contributed by atoms with van der Waals surface area (Å²) in [4.78, 5) is 33.9. The average Bonchev–Trinajstić information content (AvgIpc) is 2.19. The molecule has 0 aliphatic heterocycles. The van der Waals surface area contributed by atoms with E-state index in [-0.39, 0.29) is 23.8 Å². The summed E-state index contributed by atoms with van der Waals surface area (Å²) >= 11 is 0. The highest BCUT2D eigenvalue weighted by atomic mass is 16.4. The van der Waals surface area contributed by atoms with Crippen LogP contribution in [0.15, 0.2) is 16.9 Å². The standard InChI is InChI=1S/C12H15NO4/c1-7(2)10-5-4-9(12(16)17)11(15)13(10)6-8(3)14/h4-5,7H,6H2,1-3H3,(H,16,17). The van der Waals surface area contributed by atoms with E-state index in [0.29, 0.717) is 5.69 Å². The van der Waals surface area contributed by atoms with Gasteiger partial charge in [-0.1, -0.05) is 13.8 Å². The average molecular weight is 237 g/mol. The largest absolute Gasteiger partial charge is 0.477 e. The zero-order valence-electron chi connectivity index (χ0n) is 10.1. The highest BCUT2D eigenvalue weighted by molar-refractivity contribution is 5.87. The molecule has 5 heteroatoms. The van der Waals surface area contributed by atoms with Crippen LogP contribution in [0.2, 0.25) is 0 Å². The summed E-state index contributed by atoms with van der Waals surface area (Å²) < 4.78 is 1.23. The third-order valence-electron chi connectivity index (χ3n) is 2.41. The van der Waals surface area contributed by atoms with E-state index in [1.807, 2.05) is 13.8 Å². The number of aromatic carboxylic acids is 1. The number of carboxylic acid groups (broad SMARTS) is 1. The quantitative estimate of drug-likeness (QED) is 0.855. The molecule has 0 atom stereocenters. The number of hydrogen-bond acceptors (Lipinski definition) is 3. The number of carbonyl (C=O) groups is 2. The van der Waals surface area contributed by atoms with Gasteiger partial charge in [0, 0.05) is 5.69 Å². The molecule has 1 N–H and O–H groups in total. The van der Waals surface area contributed by atoms with Crippen LogP contribution >= 0.6 is 0 Å². The van der Waals surface area contributed by atoms with Gasteiger partial charge < -0.3 is 9.67 Å². The Hall–Kier alpha value is -1.91. The Kier molecular flexibility index (Phi) is 3.83. The lowest BCUT2D eigenvalue weighted by atomic mass is 10.1. The number of aromatic nitrogens is 1. The van der Waals surface area contributed by atoms with Crippen LogP contribution in [-0.2, 0) is 11.3 Å². The van der Waals surface area contributed by atoms with Crippen molar-refractivity contribution in [3.05, 3.63) is 33.7 Å². The van der Waals surface area contributed by atoms with Crippen molar-refractivity contribution in [2.24, 2.45) is 0 Å². The molecule has 1 rings (SSSR count). The van der Waals surface area contributed by atoms with Crippen molar-refractivity contribution in [3.63, 3.8) is 0 Å². The highest BCUT2D eigenvalue weighted by Crippen LogP contribution is 2.13. The number of carbonyl (C=O) groups excluding carboxylic acids is 1. The SMILES string of the molecule is CC(=O)Cn1c(C(C)C)ccc(C(=O)O)c1=O. The summed E-state index contributed by atoms with van der Waals surface area (Å²) in [6.45, 7) is 5.04. The molecule has 1 aromatic heterocycles. The van der Waals surface area contributed by atoms with Crippen LogP contribution in [0.1, 0.15) is 42.7 Å². The Labute approximate surface area is 98.7 Å². The molecule has 0 unspecified atom stereocenters. The van der Waals surface area contributed by atoms with E-state index in [1.54, 1.807) is 6.07 Å². The summed E-state index contributed by atoms with van der Waals surface area (Å²) in [5.41, 5.74) is -0.273. The lowest BCUT2D eigenvalue weighted by molar-refractivity contribution is -0.117. The molecule has 0 aromatic carbocycles. The maximum atomic E-state index is 11.9. The molecule has 17 heavy (non-hydrogen) atoms. The lowest BCUT2D eigenvalue weighted by Gasteiger charge is -2.14. The van der Waals surface area contributed by atoms with Gasteiger partial charge in [0.1, 0.15) is 11.3 Å². The maximum Gasteiger partial charge on any atom is 0.341 e. The van der Waals surface area contributed by atoms with Crippen molar-refractivity contribution in [2.45, 2.75) is 33.2 Å². The van der Waals surface area contributed by atoms with Crippen molar-refractivity contribution >= 4 is 11.8 Å². The molecule has 0 saturated carbocycles. The first kappa shape index (κ1) is 13.2. The van der Waals surface area contributed by atoms with E-state index in [9.17, 15) is 14.4 Å². The Bertz CT molecular complexity index is 514. The lowest BCUT2D eigenvalue weighted by Crippen LogP contribution is -2.31. The molecule has 1 aromatic rings. The Morgan fingerprint density at radius 1 is 1.35 bits per heavy atom. The Morgan fingerprint density at radius 2 is 1.94 bits per heavy atom. The van der Waals surface area contributed by atoms with Crippen LogP contribution < -0.4 is 5.56 Å². The summed E-state index contributed by atoms with van der Waals surface area (Å²) in [5.74, 6) is -1.41. The smallest absolute Gasteiger partial charge is 0.341 e. The maximum absolute atomic E-state index is 11.9. The molecule has 1 heterocycles. The van der Waals surface area contributed by atoms with E-state index in [0.717, 1.165) is 0 Å². The third kappa shape index (κ3) is 2.81. The molecule has 5 nitrogen and oxygen atoms in total. The predicted octanol–water partition coefficient (Wildman–Crippen LogP) is 1.26. The van der Waals surface area contributed by atoms with Crippen molar-refractivity contribution in [1.29, 1.82) is 0 Å². The Balaban J connectivity index is 3.47.